The maximum atomic E-state index is 12.8. The minimum Gasteiger partial charge on any atom is -0.467 e. The van der Waals surface area contributed by atoms with Gasteiger partial charge in [-0.3, -0.25) is 9.59 Å². The van der Waals surface area contributed by atoms with E-state index < -0.39 is 0 Å². The van der Waals surface area contributed by atoms with Crippen LogP contribution in [-0.2, 0) is 13.1 Å². The van der Waals surface area contributed by atoms with Crippen LogP contribution in [-0.4, -0.2) is 22.4 Å². The number of aryl methyl sites for hydroxylation is 1. The van der Waals surface area contributed by atoms with E-state index in [2.05, 4.69) is 0 Å². The Morgan fingerprint density at radius 2 is 2.12 bits per heavy atom. The minimum absolute atomic E-state index is 0.126. The summed E-state index contributed by atoms with van der Waals surface area (Å²) in [5, 5.41) is 0.914. The van der Waals surface area contributed by atoms with E-state index in [1.807, 2.05) is 11.5 Å². The molecule has 6 heteroatoms. The molecule has 5 nitrogen and oxygen atoms in total. The molecule has 0 aliphatic heterocycles. The number of amides is 1. The third kappa shape index (κ3) is 2.95. The predicted molar refractivity (Wildman–Crippen MR) is 93.4 cm³/mol. The molecule has 3 rings (SSSR count). The molecule has 0 unspecified atom stereocenters. The summed E-state index contributed by atoms with van der Waals surface area (Å²) in [5.74, 6) is 0.311. The molecule has 24 heavy (non-hydrogen) atoms. The van der Waals surface area contributed by atoms with Crippen molar-refractivity contribution in [3.8, 4) is 0 Å². The van der Waals surface area contributed by atoms with E-state index >= 15 is 0 Å². The van der Waals surface area contributed by atoms with Crippen LogP contribution < -0.4 is 5.43 Å². The van der Waals surface area contributed by atoms with Crippen molar-refractivity contribution in [2.75, 3.05) is 7.05 Å². The summed E-state index contributed by atoms with van der Waals surface area (Å²) in [6, 6.07) is 8.68. The number of aromatic nitrogens is 1. The third-order valence-electron chi connectivity index (χ3n) is 3.93. The van der Waals surface area contributed by atoms with Crippen molar-refractivity contribution < 1.29 is 9.21 Å². The van der Waals surface area contributed by atoms with Crippen molar-refractivity contribution in [2.45, 2.75) is 20.0 Å². The summed E-state index contributed by atoms with van der Waals surface area (Å²) < 4.78 is 7.13. The fourth-order valence-electron chi connectivity index (χ4n) is 2.70. The number of carbonyl (C=O) groups is 1. The van der Waals surface area contributed by atoms with E-state index in [1.54, 1.807) is 49.8 Å². The van der Waals surface area contributed by atoms with Gasteiger partial charge in [-0.25, -0.2) is 0 Å². The Balaban J connectivity index is 2.06. The molecule has 0 fully saturated rings. The van der Waals surface area contributed by atoms with Crippen LogP contribution in [0.2, 0.25) is 5.02 Å². The first kappa shape index (κ1) is 16.3. The molecule has 3 aromatic rings. The molecule has 0 bridgehead atoms. The number of benzene rings is 1. The SMILES string of the molecule is CCn1cc(C(=O)N(C)Cc2ccco2)c(=O)c2cc(Cl)ccc21. The van der Waals surface area contributed by atoms with Crippen LogP contribution in [0.1, 0.15) is 23.0 Å². The van der Waals surface area contributed by atoms with Gasteiger partial charge in [0.1, 0.15) is 11.3 Å². The number of nitrogens with zero attached hydrogens (tertiary/aromatic N) is 2. The summed E-state index contributed by atoms with van der Waals surface area (Å²) in [4.78, 5) is 26.9. The van der Waals surface area contributed by atoms with Gasteiger partial charge in [-0.1, -0.05) is 11.6 Å². The second kappa shape index (κ2) is 6.53. The molecule has 0 aliphatic rings. The van der Waals surface area contributed by atoms with Crippen molar-refractivity contribution in [3.63, 3.8) is 0 Å². The summed E-state index contributed by atoms with van der Waals surface area (Å²) in [7, 11) is 1.64. The van der Waals surface area contributed by atoms with E-state index in [4.69, 9.17) is 16.0 Å². The molecule has 1 amide bonds. The van der Waals surface area contributed by atoms with Gasteiger partial charge >= 0.3 is 0 Å². The number of pyridine rings is 1. The first-order valence-electron chi connectivity index (χ1n) is 7.61. The lowest BCUT2D eigenvalue weighted by Gasteiger charge is -2.17. The zero-order valence-electron chi connectivity index (χ0n) is 13.5. The Kier molecular flexibility index (Phi) is 4.44. The molecule has 2 heterocycles. The fourth-order valence-corrected chi connectivity index (χ4v) is 2.87. The average Bonchev–Trinajstić information content (AvgIpc) is 3.08. The van der Waals surface area contributed by atoms with Gasteiger partial charge in [0.2, 0.25) is 5.43 Å². The average molecular weight is 345 g/mol. The van der Waals surface area contributed by atoms with Crippen LogP contribution in [0.4, 0.5) is 0 Å². The first-order chi connectivity index (χ1) is 11.5. The summed E-state index contributed by atoms with van der Waals surface area (Å²) in [6.45, 7) is 2.89. The van der Waals surface area contributed by atoms with Crippen molar-refractivity contribution >= 4 is 28.4 Å². The topological polar surface area (TPSA) is 55.5 Å². The molecular weight excluding hydrogens is 328 g/mol. The van der Waals surface area contributed by atoms with Gasteiger partial charge in [-0.05, 0) is 37.3 Å². The highest BCUT2D eigenvalue weighted by molar-refractivity contribution is 6.31. The summed E-state index contributed by atoms with van der Waals surface area (Å²) in [6.07, 6.45) is 3.16. The zero-order chi connectivity index (χ0) is 17.3. The lowest BCUT2D eigenvalue weighted by molar-refractivity contribution is 0.0773. The molecule has 0 saturated heterocycles. The second-order valence-corrected chi connectivity index (χ2v) is 6.00. The van der Waals surface area contributed by atoms with Crippen LogP contribution in [0.3, 0.4) is 0 Å². The maximum Gasteiger partial charge on any atom is 0.259 e. The number of hydrogen-bond donors (Lipinski definition) is 0. The lowest BCUT2D eigenvalue weighted by atomic mass is 10.1. The molecule has 0 atom stereocenters. The Morgan fingerprint density at radius 3 is 2.79 bits per heavy atom. The zero-order valence-corrected chi connectivity index (χ0v) is 14.2. The number of hydrogen-bond acceptors (Lipinski definition) is 3. The predicted octanol–water partition coefficient (Wildman–Crippen LogP) is 3.54. The Labute approximate surface area is 144 Å². The molecule has 2 aromatic heterocycles. The van der Waals surface area contributed by atoms with Gasteiger partial charge in [-0.2, -0.15) is 0 Å². The maximum absolute atomic E-state index is 12.8. The smallest absolute Gasteiger partial charge is 0.259 e. The third-order valence-corrected chi connectivity index (χ3v) is 4.17. The van der Waals surface area contributed by atoms with E-state index in [1.165, 1.54) is 4.90 Å². The second-order valence-electron chi connectivity index (χ2n) is 5.56. The van der Waals surface area contributed by atoms with E-state index in [0.29, 0.717) is 29.3 Å². The number of halogens is 1. The van der Waals surface area contributed by atoms with Crippen LogP contribution in [0, 0.1) is 0 Å². The quantitative estimate of drug-likeness (QED) is 0.727. The normalized spacial score (nSPS) is 11.0. The van der Waals surface area contributed by atoms with Crippen molar-refractivity contribution in [1.82, 2.24) is 9.47 Å². The highest BCUT2D eigenvalue weighted by Gasteiger charge is 2.19. The molecule has 0 saturated carbocycles. The van der Waals surface area contributed by atoms with Gasteiger partial charge in [0, 0.05) is 30.2 Å². The van der Waals surface area contributed by atoms with E-state index in [9.17, 15) is 9.59 Å². The summed E-state index contributed by atoms with van der Waals surface area (Å²) >= 11 is 6.02. The molecular formula is C18H17ClN2O3. The van der Waals surface area contributed by atoms with E-state index in [0.717, 1.165) is 5.52 Å². The number of furan rings is 1. The summed E-state index contributed by atoms with van der Waals surface area (Å²) in [5.41, 5.74) is 0.575. The standard InChI is InChI=1S/C18H17ClN2O3/c1-3-21-11-15(17(22)14-9-12(19)6-7-16(14)21)18(23)20(2)10-13-5-4-8-24-13/h4-9,11H,3,10H2,1-2H3. The van der Waals surface area contributed by atoms with Gasteiger partial charge in [0.15, 0.2) is 0 Å². The van der Waals surface area contributed by atoms with E-state index in [-0.39, 0.29) is 16.9 Å². The van der Waals surface area contributed by atoms with Gasteiger partial charge in [0.05, 0.1) is 18.3 Å². The first-order valence-corrected chi connectivity index (χ1v) is 7.99. The Morgan fingerprint density at radius 1 is 1.33 bits per heavy atom. The van der Waals surface area contributed by atoms with Gasteiger partial charge in [0.25, 0.3) is 5.91 Å². The minimum atomic E-state index is -0.347. The van der Waals surface area contributed by atoms with Crippen molar-refractivity contribution in [3.05, 3.63) is 69.4 Å². The largest absolute Gasteiger partial charge is 0.467 e. The number of fused-ring (bicyclic) bond motifs is 1. The Bertz CT molecular complexity index is 945. The molecule has 0 spiro atoms. The number of rotatable bonds is 4. The fraction of sp³-hybridized carbons (Fsp3) is 0.222. The van der Waals surface area contributed by atoms with Crippen LogP contribution in [0.15, 0.2) is 52.0 Å². The molecule has 0 aliphatic carbocycles. The molecule has 124 valence electrons. The van der Waals surface area contributed by atoms with Crippen LogP contribution >= 0.6 is 11.6 Å². The monoisotopic (exact) mass is 344 g/mol. The van der Waals surface area contributed by atoms with Crippen molar-refractivity contribution in [2.24, 2.45) is 0 Å². The van der Waals surface area contributed by atoms with Crippen molar-refractivity contribution in [1.29, 1.82) is 0 Å². The lowest BCUT2D eigenvalue weighted by Crippen LogP contribution is -2.31. The van der Waals surface area contributed by atoms with Gasteiger partial charge < -0.3 is 13.9 Å². The molecule has 0 N–H and O–H groups in total. The molecule has 1 aromatic carbocycles. The van der Waals surface area contributed by atoms with Crippen LogP contribution in [0.5, 0.6) is 0 Å². The van der Waals surface area contributed by atoms with Crippen LogP contribution in [0.25, 0.3) is 10.9 Å². The van der Waals surface area contributed by atoms with Gasteiger partial charge in [-0.15, -0.1) is 0 Å². The Hall–Kier alpha value is -2.53. The molecule has 0 radical (unpaired) electrons. The number of carbonyl (C=O) groups excluding carboxylic acids is 1. The highest BCUT2D eigenvalue weighted by atomic mass is 35.5. The highest BCUT2D eigenvalue weighted by Crippen LogP contribution is 2.18.